The maximum absolute atomic E-state index is 12.0. The molecule has 0 saturated heterocycles. The SMILES string of the molecule is FC(F)(F)Oc1ccc(OC/C(Cl)=C/Cl)cc1Br. The summed E-state index contributed by atoms with van der Waals surface area (Å²) in [6.45, 7) is 0.0248. The number of hydrogen-bond donors (Lipinski definition) is 0. The highest BCUT2D eigenvalue weighted by Crippen LogP contribution is 2.33. The van der Waals surface area contributed by atoms with Crippen molar-refractivity contribution in [3.8, 4) is 11.5 Å². The second-order valence-electron chi connectivity index (χ2n) is 2.98. The van der Waals surface area contributed by atoms with Crippen LogP contribution in [0.25, 0.3) is 0 Å². The molecule has 0 bridgehead atoms. The predicted octanol–water partition coefficient (Wildman–Crippen LogP) is 5.05. The smallest absolute Gasteiger partial charge is 0.488 e. The van der Waals surface area contributed by atoms with Gasteiger partial charge in [-0.3, -0.25) is 0 Å². The maximum Gasteiger partial charge on any atom is 0.573 e. The largest absolute Gasteiger partial charge is 0.573 e. The molecule has 0 spiro atoms. The summed E-state index contributed by atoms with van der Waals surface area (Å²) in [4.78, 5) is 0. The first kappa shape index (κ1) is 15.5. The molecule has 0 heterocycles. The Kier molecular flexibility index (Phi) is 5.62. The van der Waals surface area contributed by atoms with Crippen molar-refractivity contribution >= 4 is 39.1 Å². The van der Waals surface area contributed by atoms with E-state index in [4.69, 9.17) is 27.9 Å². The van der Waals surface area contributed by atoms with Crippen molar-refractivity contribution in [2.24, 2.45) is 0 Å². The molecule has 0 N–H and O–H groups in total. The van der Waals surface area contributed by atoms with Gasteiger partial charge < -0.3 is 9.47 Å². The topological polar surface area (TPSA) is 18.5 Å². The van der Waals surface area contributed by atoms with Gasteiger partial charge in [0.1, 0.15) is 18.1 Å². The van der Waals surface area contributed by atoms with Crippen LogP contribution in [0.1, 0.15) is 0 Å². The van der Waals surface area contributed by atoms with Gasteiger partial charge in [0.15, 0.2) is 0 Å². The molecular weight excluding hydrogens is 360 g/mol. The molecule has 18 heavy (non-hydrogen) atoms. The summed E-state index contributed by atoms with van der Waals surface area (Å²) < 4.78 is 45.1. The van der Waals surface area contributed by atoms with Crippen molar-refractivity contribution in [3.63, 3.8) is 0 Å². The van der Waals surface area contributed by atoms with Crippen molar-refractivity contribution in [3.05, 3.63) is 33.2 Å². The Balaban J connectivity index is 2.73. The number of hydrogen-bond acceptors (Lipinski definition) is 2. The summed E-state index contributed by atoms with van der Waals surface area (Å²) in [5, 5.41) is 0.267. The Morgan fingerprint density at radius 1 is 1.39 bits per heavy atom. The third-order valence-electron chi connectivity index (χ3n) is 1.62. The number of alkyl halides is 3. The first-order valence-corrected chi connectivity index (χ1v) is 6.05. The molecule has 8 heteroatoms. The third-order valence-corrected chi connectivity index (χ3v) is 2.84. The summed E-state index contributed by atoms with van der Waals surface area (Å²) in [6.07, 6.45) is -4.74. The van der Waals surface area contributed by atoms with Gasteiger partial charge in [-0.15, -0.1) is 13.2 Å². The van der Waals surface area contributed by atoms with Crippen LogP contribution in [0.2, 0.25) is 0 Å². The summed E-state index contributed by atoms with van der Waals surface area (Å²) in [5.41, 5.74) is 1.14. The molecule has 100 valence electrons. The van der Waals surface area contributed by atoms with Gasteiger partial charge in [-0.2, -0.15) is 0 Å². The molecule has 0 radical (unpaired) electrons. The third kappa shape index (κ3) is 5.37. The monoisotopic (exact) mass is 364 g/mol. The lowest BCUT2D eigenvalue weighted by Crippen LogP contribution is -2.17. The fraction of sp³-hybridized carbons (Fsp3) is 0.200. The molecule has 0 fully saturated rings. The van der Waals surface area contributed by atoms with E-state index in [9.17, 15) is 13.2 Å². The zero-order chi connectivity index (χ0) is 13.8. The summed E-state index contributed by atoms with van der Waals surface area (Å²) in [5.74, 6) is -0.0260. The van der Waals surface area contributed by atoms with E-state index in [1.165, 1.54) is 12.1 Å². The van der Waals surface area contributed by atoms with E-state index in [1.54, 1.807) is 0 Å². The zero-order valence-electron chi connectivity index (χ0n) is 8.60. The maximum atomic E-state index is 12.0. The van der Waals surface area contributed by atoms with Crippen LogP contribution in [0.3, 0.4) is 0 Å². The number of benzene rings is 1. The van der Waals surface area contributed by atoms with Gasteiger partial charge in [-0.25, -0.2) is 0 Å². The van der Waals surface area contributed by atoms with Crippen LogP contribution < -0.4 is 9.47 Å². The highest BCUT2D eigenvalue weighted by atomic mass is 79.9. The van der Waals surface area contributed by atoms with Crippen LogP contribution in [0, 0.1) is 0 Å². The van der Waals surface area contributed by atoms with Crippen LogP contribution in [-0.2, 0) is 0 Å². The van der Waals surface area contributed by atoms with E-state index in [0.29, 0.717) is 5.75 Å². The Morgan fingerprint density at radius 3 is 2.56 bits per heavy atom. The van der Waals surface area contributed by atoms with E-state index in [2.05, 4.69) is 20.7 Å². The zero-order valence-corrected chi connectivity index (χ0v) is 11.7. The second kappa shape index (κ2) is 6.54. The van der Waals surface area contributed by atoms with E-state index < -0.39 is 6.36 Å². The standard InChI is InChI=1S/C10H6BrCl2F3O2/c11-8-3-7(17-5-6(13)4-12)1-2-9(8)18-10(14,15)16/h1-4H,5H2/b6-4-. The van der Waals surface area contributed by atoms with Crippen LogP contribution in [0.15, 0.2) is 33.2 Å². The molecule has 1 aromatic carbocycles. The van der Waals surface area contributed by atoms with Crippen molar-refractivity contribution in [1.82, 2.24) is 0 Å². The van der Waals surface area contributed by atoms with Gasteiger partial charge >= 0.3 is 6.36 Å². The summed E-state index contributed by atoms with van der Waals surface area (Å²) in [7, 11) is 0. The lowest BCUT2D eigenvalue weighted by molar-refractivity contribution is -0.274. The predicted molar refractivity (Wildman–Crippen MR) is 66.1 cm³/mol. The number of rotatable bonds is 4. The van der Waals surface area contributed by atoms with Gasteiger partial charge in [0.2, 0.25) is 0 Å². The van der Waals surface area contributed by atoms with Gasteiger partial charge in [0, 0.05) is 5.54 Å². The lowest BCUT2D eigenvalue weighted by atomic mass is 10.3. The highest BCUT2D eigenvalue weighted by Gasteiger charge is 2.31. The van der Waals surface area contributed by atoms with Crippen molar-refractivity contribution in [2.75, 3.05) is 6.61 Å². The van der Waals surface area contributed by atoms with E-state index in [-0.39, 0.29) is 21.9 Å². The quantitative estimate of drug-likeness (QED) is 0.743. The van der Waals surface area contributed by atoms with Crippen LogP contribution >= 0.6 is 39.1 Å². The fourth-order valence-corrected chi connectivity index (χ4v) is 1.52. The molecule has 0 aromatic heterocycles. The molecule has 0 saturated carbocycles. The number of ether oxygens (including phenoxy) is 2. The minimum atomic E-state index is -4.74. The van der Waals surface area contributed by atoms with Crippen LogP contribution in [-0.4, -0.2) is 13.0 Å². The minimum Gasteiger partial charge on any atom is -0.488 e. The summed E-state index contributed by atoms with van der Waals surface area (Å²) >= 11 is 13.9. The van der Waals surface area contributed by atoms with Gasteiger partial charge in [0.05, 0.1) is 9.51 Å². The first-order valence-electron chi connectivity index (χ1n) is 4.44. The molecular formula is C10H6BrCl2F3O2. The van der Waals surface area contributed by atoms with Crippen molar-refractivity contribution in [2.45, 2.75) is 6.36 Å². The van der Waals surface area contributed by atoms with Gasteiger partial charge in [0.25, 0.3) is 0 Å². The molecule has 2 nitrogen and oxygen atoms in total. The average Bonchev–Trinajstić information content (AvgIpc) is 2.27. The second-order valence-corrected chi connectivity index (χ2v) is 4.54. The van der Waals surface area contributed by atoms with E-state index >= 15 is 0 Å². The molecule has 1 rings (SSSR count). The highest BCUT2D eigenvalue weighted by molar-refractivity contribution is 9.10. The Hall–Kier alpha value is -0.590. The minimum absolute atomic E-state index is 0.0248. The molecule has 0 amide bonds. The molecule has 0 aliphatic carbocycles. The first-order chi connectivity index (χ1) is 8.31. The Morgan fingerprint density at radius 2 is 2.06 bits per heavy atom. The van der Waals surface area contributed by atoms with Gasteiger partial charge in [-0.1, -0.05) is 23.2 Å². The Bertz CT molecular complexity index is 449. The summed E-state index contributed by atoms with van der Waals surface area (Å²) in [6, 6.07) is 3.79. The van der Waals surface area contributed by atoms with Crippen LogP contribution in [0.4, 0.5) is 13.2 Å². The molecule has 1 aromatic rings. The molecule has 0 aliphatic heterocycles. The lowest BCUT2D eigenvalue weighted by Gasteiger charge is -2.12. The normalized spacial score (nSPS) is 12.4. The molecule has 0 aliphatic rings. The molecule has 0 unspecified atom stereocenters. The number of halogens is 6. The van der Waals surface area contributed by atoms with Crippen molar-refractivity contribution in [1.29, 1.82) is 0 Å². The Labute approximate surface area is 119 Å². The van der Waals surface area contributed by atoms with E-state index in [0.717, 1.165) is 11.6 Å². The van der Waals surface area contributed by atoms with Gasteiger partial charge in [-0.05, 0) is 34.1 Å². The van der Waals surface area contributed by atoms with E-state index in [1.807, 2.05) is 0 Å². The van der Waals surface area contributed by atoms with Crippen molar-refractivity contribution < 1.29 is 22.6 Å². The fourth-order valence-electron chi connectivity index (χ4n) is 0.963. The molecule has 0 atom stereocenters. The van der Waals surface area contributed by atoms with Crippen LogP contribution in [0.5, 0.6) is 11.5 Å². The average molecular weight is 366 g/mol.